The Kier molecular flexibility index (Phi) is 6.19. The lowest BCUT2D eigenvalue weighted by molar-refractivity contribution is -0.136. The number of rotatable bonds is 5. The summed E-state index contributed by atoms with van der Waals surface area (Å²) in [5.74, 6) is -0.448. The first kappa shape index (κ1) is 19.9. The number of aromatic hydroxyl groups is 1. The number of benzene rings is 1. The normalized spacial score (nSPS) is 13.9. The van der Waals surface area contributed by atoms with E-state index in [0.29, 0.717) is 12.2 Å². The van der Waals surface area contributed by atoms with Gasteiger partial charge in [-0.15, -0.1) is 11.8 Å². The molecule has 1 aromatic rings. The van der Waals surface area contributed by atoms with Crippen LogP contribution in [0.1, 0.15) is 72.4 Å². The molecule has 2 N–H and O–H groups in total. The Morgan fingerprint density at radius 2 is 1.52 bits per heavy atom. The first-order chi connectivity index (χ1) is 10.4. The van der Waals surface area contributed by atoms with Crippen molar-refractivity contribution in [3.8, 4) is 5.75 Å². The lowest BCUT2D eigenvalue weighted by Crippen LogP contribution is -2.19. The van der Waals surface area contributed by atoms with E-state index in [1.54, 1.807) is 0 Å². The lowest BCUT2D eigenvalue weighted by atomic mass is 9.79. The van der Waals surface area contributed by atoms with E-state index in [-0.39, 0.29) is 10.8 Å². The number of carboxylic acids is 1. The molecule has 0 unspecified atom stereocenters. The summed E-state index contributed by atoms with van der Waals surface area (Å²) in [7, 11) is 0. The van der Waals surface area contributed by atoms with Crippen LogP contribution in [0.4, 0.5) is 0 Å². The van der Waals surface area contributed by atoms with Gasteiger partial charge in [0.1, 0.15) is 11.0 Å². The predicted molar refractivity (Wildman–Crippen MR) is 97.7 cm³/mol. The van der Waals surface area contributed by atoms with Gasteiger partial charge < -0.3 is 10.2 Å². The fourth-order valence-electron chi connectivity index (χ4n) is 2.48. The molecule has 4 heteroatoms. The molecule has 0 amide bonds. The Balaban J connectivity index is 3.41. The van der Waals surface area contributed by atoms with Crippen LogP contribution in [0.5, 0.6) is 5.75 Å². The maximum atomic E-state index is 11.5. The van der Waals surface area contributed by atoms with Crippen molar-refractivity contribution in [3.63, 3.8) is 0 Å². The minimum absolute atomic E-state index is 0.204. The molecule has 0 radical (unpaired) electrons. The SMILES string of the molecule is CCC[C@H](Sc1cc(C(C)(C)C)c(O)c(C(C)(C)C)c1)C(=O)O. The zero-order valence-corrected chi connectivity index (χ0v) is 16.2. The molecular weight excluding hydrogens is 308 g/mol. The first-order valence-corrected chi connectivity index (χ1v) is 9.03. The third kappa shape index (κ3) is 5.17. The second-order valence-corrected chi connectivity index (χ2v) is 9.38. The molecule has 0 aliphatic rings. The van der Waals surface area contributed by atoms with Gasteiger partial charge in [-0.25, -0.2) is 0 Å². The van der Waals surface area contributed by atoms with Crippen molar-refractivity contribution in [2.75, 3.05) is 0 Å². The van der Waals surface area contributed by atoms with Crippen molar-refractivity contribution in [1.29, 1.82) is 0 Å². The molecule has 0 bridgehead atoms. The third-order valence-electron chi connectivity index (χ3n) is 3.80. The lowest BCUT2D eigenvalue weighted by Gasteiger charge is -2.28. The maximum Gasteiger partial charge on any atom is 0.316 e. The van der Waals surface area contributed by atoms with Gasteiger partial charge in [0, 0.05) is 16.0 Å². The molecule has 0 heterocycles. The summed E-state index contributed by atoms with van der Waals surface area (Å²) in [6.07, 6.45) is 1.47. The van der Waals surface area contributed by atoms with E-state index in [4.69, 9.17) is 0 Å². The van der Waals surface area contributed by atoms with E-state index >= 15 is 0 Å². The van der Waals surface area contributed by atoms with Crippen molar-refractivity contribution in [3.05, 3.63) is 23.3 Å². The van der Waals surface area contributed by atoms with Gasteiger partial charge >= 0.3 is 5.97 Å². The van der Waals surface area contributed by atoms with Crippen molar-refractivity contribution in [1.82, 2.24) is 0 Å². The van der Waals surface area contributed by atoms with Gasteiger partial charge in [0.15, 0.2) is 0 Å². The second-order valence-electron chi connectivity index (χ2n) is 8.10. The average molecular weight is 339 g/mol. The minimum Gasteiger partial charge on any atom is -0.507 e. The largest absolute Gasteiger partial charge is 0.507 e. The average Bonchev–Trinajstić information content (AvgIpc) is 2.37. The monoisotopic (exact) mass is 338 g/mol. The highest BCUT2D eigenvalue weighted by atomic mass is 32.2. The van der Waals surface area contributed by atoms with E-state index in [2.05, 4.69) is 41.5 Å². The van der Waals surface area contributed by atoms with Crippen LogP contribution in [0.2, 0.25) is 0 Å². The van der Waals surface area contributed by atoms with Gasteiger partial charge in [-0.05, 0) is 29.4 Å². The van der Waals surface area contributed by atoms with Gasteiger partial charge in [0.25, 0.3) is 0 Å². The van der Waals surface area contributed by atoms with Gasteiger partial charge in [-0.3, -0.25) is 4.79 Å². The summed E-state index contributed by atoms with van der Waals surface area (Å²) in [5, 5.41) is 19.7. The van der Waals surface area contributed by atoms with Crippen LogP contribution in [-0.2, 0) is 15.6 Å². The van der Waals surface area contributed by atoms with Gasteiger partial charge in [-0.1, -0.05) is 54.9 Å². The topological polar surface area (TPSA) is 57.5 Å². The van der Waals surface area contributed by atoms with Crippen LogP contribution in [0, 0.1) is 0 Å². The fraction of sp³-hybridized carbons (Fsp3) is 0.632. The summed E-state index contributed by atoms with van der Waals surface area (Å²) in [4.78, 5) is 12.4. The van der Waals surface area contributed by atoms with Crippen molar-refractivity contribution < 1.29 is 15.0 Å². The number of hydrogen-bond acceptors (Lipinski definition) is 3. The summed E-state index contributed by atoms with van der Waals surface area (Å²) >= 11 is 1.38. The number of hydrogen-bond donors (Lipinski definition) is 2. The molecule has 0 aliphatic carbocycles. The van der Waals surface area contributed by atoms with Crippen LogP contribution in [0.15, 0.2) is 17.0 Å². The van der Waals surface area contributed by atoms with Crippen molar-refractivity contribution in [2.45, 2.75) is 82.3 Å². The van der Waals surface area contributed by atoms with E-state index in [1.165, 1.54) is 11.8 Å². The predicted octanol–water partition coefficient (Wildman–Crippen LogP) is 5.33. The highest BCUT2D eigenvalue weighted by molar-refractivity contribution is 8.00. The van der Waals surface area contributed by atoms with Gasteiger partial charge in [0.2, 0.25) is 0 Å². The summed E-state index contributed by atoms with van der Waals surface area (Å²) in [5.41, 5.74) is 1.33. The Morgan fingerprint density at radius 1 is 1.09 bits per heavy atom. The Morgan fingerprint density at radius 3 is 1.83 bits per heavy atom. The van der Waals surface area contributed by atoms with Crippen LogP contribution in [-0.4, -0.2) is 21.4 Å². The molecule has 0 saturated carbocycles. The van der Waals surface area contributed by atoms with Crippen molar-refractivity contribution >= 4 is 17.7 Å². The third-order valence-corrected chi connectivity index (χ3v) is 5.03. The number of phenolic OH excluding ortho intramolecular Hbond substituents is 1. The molecule has 1 rings (SSSR count). The molecule has 0 aliphatic heterocycles. The van der Waals surface area contributed by atoms with E-state index in [0.717, 1.165) is 22.4 Å². The molecule has 0 aromatic heterocycles. The molecule has 0 fully saturated rings. The minimum atomic E-state index is -0.778. The summed E-state index contributed by atoms with van der Waals surface area (Å²) < 4.78 is 0. The fourth-order valence-corrected chi connectivity index (χ4v) is 3.63. The molecular formula is C19H30O3S. The van der Waals surface area contributed by atoms with Gasteiger partial charge in [0.05, 0.1) is 0 Å². The van der Waals surface area contributed by atoms with Crippen LogP contribution in [0.3, 0.4) is 0 Å². The van der Waals surface area contributed by atoms with Crippen molar-refractivity contribution in [2.24, 2.45) is 0 Å². The number of carboxylic acid groups (broad SMARTS) is 1. The quantitative estimate of drug-likeness (QED) is 0.712. The molecule has 130 valence electrons. The zero-order chi connectivity index (χ0) is 18.0. The number of thioether (sulfide) groups is 1. The molecule has 0 saturated heterocycles. The Labute approximate surface area is 144 Å². The standard InChI is InChI=1S/C19H30O3S/c1-8-9-15(17(21)22)23-12-10-13(18(2,3)4)16(20)14(11-12)19(5,6)7/h10-11,15,20H,8-9H2,1-7H3,(H,21,22)/t15-/m0/s1. The number of carbonyl (C=O) groups is 1. The summed E-state index contributed by atoms with van der Waals surface area (Å²) in [6.45, 7) is 14.3. The second kappa shape index (κ2) is 7.16. The van der Waals surface area contributed by atoms with E-state index < -0.39 is 11.2 Å². The number of aliphatic carboxylic acids is 1. The highest BCUT2D eigenvalue weighted by Crippen LogP contribution is 2.42. The van der Waals surface area contributed by atoms with Crippen LogP contribution >= 0.6 is 11.8 Å². The molecule has 3 nitrogen and oxygen atoms in total. The molecule has 1 aromatic carbocycles. The molecule has 1 atom stereocenters. The van der Waals surface area contributed by atoms with Crippen LogP contribution in [0.25, 0.3) is 0 Å². The Hall–Kier alpha value is -1.16. The van der Waals surface area contributed by atoms with Crippen LogP contribution < -0.4 is 0 Å². The van der Waals surface area contributed by atoms with Gasteiger partial charge in [-0.2, -0.15) is 0 Å². The Bertz CT molecular complexity index is 530. The zero-order valence-electron chi connectivity index (χ0n) is 15.4. The van der Waals surface area contributed by atoms with E-state index in [9.17, 15) is 15.0 Å². The summed E-state index contributed by atoms with van der Waals surface area (Å²) in [6, 6.07) is 3.89. The molecule has 0 spiro atoms. The number of phenols is 1. The smallest absolute Gasteiger partial charge is 0.316 e. The van der Waals surface area contributed by atoms with E-state index in [1.807, 2.05) is 19.1 Å². The first-order valence-electron chi connectivity index (χ1n) is 8.15. The maximum absolute atomic E-state index is 11.5. The molecule has 23 heavy (non-hydrogen) atoms. The highest BCUT2D eigenvalue weighted by Gasteiger charge is 2.28.